The third-order valence-electron chi connectivity index (χ3n) is 2.83. The van der Waals surface area contributed by atoms with Crippen LogP contribution in [0, 0.1) is 0 Å². The van der Waals surface area contributed by atoms with Crippen LogP contribution in [0.2, 0.25) is 10.0 Å². The fourth-order valence-electron chi connectivity index (χ4n) is 1.71. The molecule has 21 heavy (non-hydrogen) atoms. The third-order valence-corrected chi connectivity index (χ3v) is 4.64. The minimum Gasteiger partial charge on any atom is -0.359 e. The van der Waals surface area contributed by atoms with Crippen molar-refractivity contribution in [3.63, 3.8) is 0 Å². The molecule has 110 valence electrons. The van der Waals surface area contributed by atoms with Crippen LogP contribution in [0.5, 0.6) is 0 Å². The standard InChI is InChI=1S/C15H13BrCl2N2S/c16-12-4-2-1-3-11(12)9-20-15(21)19-8-10-5-6-13(17)14(18)7-10/h1-7H,8-9H2,(H2,19,20,21). The van der Waals surface area contributed by atoms with E-state index in [-0.39, 0.29) is 0 Å². The summed E-state index contributed by atoms with van der Waals surface area (Å²) < 4.78 is 1.06. The summed E-state index contributed by atoms with van der Waals surface area (Å²) in [5.41, 5.74) is 2.17. The second-order valence-electron chi connectivity index (χ2n) is 4.38. The van der Waals surface area contributed by atoms with Gasteiger partial charge >= 0.3 is 0 Å². The van der Waals surface area contributed by atoms with E-state index in [1.807, 2.05) is 36.4 Å². The van der Waals surface area contributed by atoms with Crippen LogP contribution in [-0.2, 0) is 13.1 Å². The van der Waals surface area contributed by atoms with E-state index < -0.39 is 0 Å². The summed E-state index contributed by atoms with van der Waals surface area (Å²) >= 11 is 20.6. The van der Waals surface area contributed by atoms with Crippen molar-refractivity contribution >= 4 is 56.5 Å². The molecule has 0 aliphatic heterocycles. The summed E-state index contributed by atoms with van der Waals surface area (Å²) in [5.74, 6) is 0. The lowest BCUT2D eigenvalue weighted by Crippen LogP contribution is -2.34. The van der Waals surface area contributed by atoms with E-state index in [1.165, 1.54) is 0 Å². The van der Waals surface area contributed by atoms with Crippen LogP contribution < -0.4 is 10.6 Å². The van der Waals surface area contributed by atoms with E-state index in [9.17, 15) is 0 Å². The maximum Gasteiger partial charge on any atom is 0.166 e. The van der Waals surface area contributed by atoms with Gasteiger partial charge in [0.25, 0.3) is 0 Å². The van der Waals surface area contributed by atoms with Crippen LogP contribution >= 0.6 is 51.3 Å². The van der Waals surface area contributed by atoms with Crippen LogP contribution in [0.3, 0.4) is 0 Å². The van der Waals surface area contributed by atoms with Crippen LogP contribution in [0.15, 0.2) is 46.9 Å². The topological polar surface area (TPSA) is 24.1 Å². The highest BCUT2D eigenvalue weighted by Gasteiger charge is 2.02. The summed E-state index contributed by atoms with van der Waals surface area (Å²) in [6, 6.07) is 13.5. The second-order valence-corrected chi connectivity index (χ2v) is 6.45. The molecule has 0 atom stereocenters. The fourth-order valence-corrected chi connectivity index (χ4v) is 2.60. The van der Waals surface area contributed by atoms with Crippen molar-refractivity contribution in [1.29, 1.82) is 0 Å². The highest BCUT2D eigenvalue weighted by molar-refractivity contribution is 9.10. The summed E-state index contributed by atoms with van der Waals surface area (Å²) in [7, 11) is 0. The van der Waals surface area contributed by atoms with Gasteiger partial charge in [-0.25, -0.2) is 0 Å². The zero-order chi connectivity index (χ0) is 15.2. The molecule has 0 amide bonds. The van der Waals surface area contributed by atoms with Crippen LogP contribution in [0.4, 0.5) is 0 Å². The molecule has 2 rings (SSSR count). The maximum absolute atomic E-state index is 5.97. The van der Waals surface area contributed by atoms with Crippen molar-refractivity contribution in [2.45, 2.75) is 13.1 Å². The van der Waals surface area contributed by atoms with E-state index in [0.29, 0.717) is 28.2 Å². The predicted molar refractivity (Wildman–Crippen MR) is 96.9 cm³/mol. The zero-order valence-electron chi connectivity index (χ0n) is 11.0. The lowest BCUT2D eigenvalue weighted by atomic mass is 10.2. The first-order chi connectivity index (χ1) is 10.1. The Morgan fingerprint density at radius 2 is 1.71 bits per heavy atom. The van der Waals surface area contributed by atoms with Gasteiger partial charge in [-0.3, -0.25) is 0 Å². The highest BCUT2D eigenvalue weighted by Crippen LogP contribution is 2.22. The summed E-state index contributed by atoms with van der Waals surface area (Å²) in [6.45, 7) is 1.26. The molecule has 0 fully saturated rings. The molecule has 2 nitrogen and oxygen atoms in total. The van der Waals surface area contributed by atoms with Crippen molar-refractivity contribution in [3.05, 3.63) is 68.1 Å². The Labute approximate surface area is 148 Å². The maximum atomic E-state index is 5.97. The van der Waals surface area contributed by atoms with Gasteiger partial charge in [0.15, 0.2) is 5.11 Å². The number of hydrogen-bond acceptors (Lipinski definition) is 1. The van der Waals surface area contributed by atoms with Gasteiger partial charge < -0.3 is 10.6 Å². The van der Waals surface area contributed by atoms with Crippen LogP contribution in [-0.4, -0.2) is 5.11 Å². The molecule has 0 saturated carbocycles. The zero-order valence-corrected chi connectivity index (χ0v) is 14.9. The van der Waals surface area contributed by atoms with Gasteiger partial charge in [-0.15, -0.1) is 0 Å². The van der Waals surface area contributed by atoms with E-state index in [0.717, 1.165) is 15.6 Å². The largest absolute Gasteiger partial charge is 0.359 e. The lowest BCUT2D eigenvalue weighted by molar-refractivity contribution is 0.831. The van der Waals surface area contributed by atoms with Gasteiger partial charge in [-0.05, 0) is 41.5 Å². The molecule has 2 aromatic rings. The summed E-state index contributed by atoms with van der Waals surface area (Å²) in [5, 5.41) is 8.00. The first kappa shape index (κ1) is 16.6. The number of rotatable bonds is 4. The molecule has 0 aliphatic rings. The molecule has 0 aromatic heterocycles. The average Bonchev–Trinajstić information content (AvgIpc) is 2.47. The van der Waals surface area contributed by atoms with Gasteiger partial charge in [0.05, 0.1) is 10.0 Å². The number of hydrogen-bond donors (Lipinski definition) is 2. The predicted octanol–water partition coefficient (Wildman–Crippen LogP) is 4.92. The molecule has 0 saturated heterocycles. The number of benzene rings is 2. The van der Waals surface area contributed by atoms with Crippen molar-refractivity contribution in [2.75, 3.05) is 0 Å². The van der Waals surface area contributed by atoms with Gasteiger partial charge in [-0.2, -0.15) is 0 Å². The fraction of sp³-hybridized carbons (Fsp3) is 0.133. The first-order valence-electron chi connectivity index (χ1n) is 6.25. The van der Waals surface area contributed by atoms with Crippen molar-refractivity contribution < 1.29 is 0 Å². The Bertz CT molecular complexity index is 649. The average molecular weight is 404 g/mol. The minimum absolute atomic E-state index is 0.545. The number of thiocarbonyl (C=S) groups is 1. The SMILES string of the molecule is S=C(NCc1ccc(Cl)c(Cl)c1)NCc1ccccc1Br. The molecule has 0 radical (unpaired) electrons. The Balaban J connectivity index is 1.82. The molecule has 0 spiro atoms. The van der Waals surface area contributed by atoms with E-state index in [4.69, 9.17) is 35.4 Å². The van der Waals surface area contributed by atoms with Crippen molar-refractivity contribution in [2.24, 2.45) is 0 Å². The summed E-state index contributed by atoms with van der Waals surface area (Å²) in [6.07, 6.45) is 0. The number of halogens is 3. The Hall–Kier alpha value is -0.810. The second kappa shape index (κ2) is 7.99. The van der Waals surface area contributed by atoms with E-state index in [1.54, 1.807) is 6.07 Å². The molecule has 0 heterocycles. The molecular formula is C15H13BrCl2N2S. The van der Waals surface area contributed by atoms with Crippen molar-refractivity contribution in [3.8, 4) is 0 Å². The quantitative estimate of drug-likeness (QED) is 0.708. The summed E-state index contributed by atoms with van der Waals surface area (Å²) in [4.78, 5) is 0. The van der Waals surface area contributed by atoms with E-state index in [2.05, 4.69) is 26.6 Å². The van der Waals surface area contributed by atoms with Gasteiger partial charge in [-0.1, -0.05) is 63.4 Å². The Morgan fingerprint density at radius 1 is 1.00 bits per heavy atom. The molecule has 0 aliphatic carbocycles. The Kier molecular flexibility index (Phi) is 6.30. The first-order valence-corrected chi connectivity index (χ1v) is 8.21. The number of nitrogens with one attached hydrogen (secondary N) is 2. The molecule has 6 heteroatoms. The highest BCUT2D eigenvalue weighted by atomic mass is 79.9. The molecular weight excluding hydrogens is 391 g/mol. The normalized spacial score (nSPS) is 10.2. The van der Waals surface area contributed by atoms with Gasteiger partial charge in [0, 0.05) is 17.6 Å². The van der Waals surface area contributed by atoms with Gasteiger partial charge in [0.1, 0.15) is 0 Å². The Morgan fingerprint density at radius 3 is 2.43 bits per heavy atom. The third kappa shape index (κ3) is 5.15. The van der Waals surface area contributed by atoms with Crippen LogP contribution in [0.25, 0.3) is 0 Å². The van der Waals surface area contributed by atoms with E-state index >= 15 is 0 Å². The molecule has 0 bridgehead atoms. The molecule has 2 aromatic carbocycles. The smallest absolute Gasteiger partial charge is 0.166 e. The van der Waals surface area contributed by atoms with Gasteiger partial charge in [0.2, 0.25) is 0 Å². The van der Waals surface area contributed by atoms with Crippen LogP contribution in [0.1, 0.15) is 11.1 Å². The molecule has 2 N–H and O–H groups in total. The monoisotopic (exact) mass is 402 g/mol. The molecule has 0 unspecified atom stereocenters. The lowest BCUT2D eigenvalue weighted by Gasteiger charge is -2.12. The van der Waals surface area contributed by atoms with Crippen molar-refractivity contribution in [1.82, 2.24) is 10.6 Å². The minimum atomic E-state index is 0.545.